The molecule has 2 amide bonds. The van der Waals surface area contributed by atoms with E-state index in [9.17, 15) is 29.4 Å². The number of unbranched alkanes of at least 4 members (excludes halogenated alkanes) is 2. The summed E-state index contributed by atoms with van der Waals surface area (Å²) in [5.74, 6) is -2.03. The Kier molecular flexibility index (Phi) is 16.9. The maximum atomic E-state index is 14.3. The van der Waals surface area contributed by atoms with Gasteiger partial charge in [0.1, 0.15) is 12.2 Å². The standard InChI is InChI=1S/C58H85N3O11/c1-36-30-39(4)49(63)46(69-10)33-37(2)31-41-48(43(62)34-42(50(41)64)61-51(65)38(3)16-15-17-44(68-9)45(32-36)72-52(59)66)60-27-14-12-11-13-20-57(67)25-22-55(7)47-19-18-40-35-58(70-28-29-71-58)26-23-53(40,5)54(47,6)21-24-56(55,57)8/h13,15-18,20,30,34,37,39,44-47,49,60,63,67H,11-12,14,19,21-29,31-33,35H2,1-10H3,(H2,59,66)(H,61,65)/b17-15-,20-13-,36-30+,38-16+/t37-,39+,44-,45-,46-,47?,49-,53-,54-,55-,56-,57-/m0/s1. The number of aliphatic hydroxyl groups is 2. The second-order valence-corrected chi connectivity index (χ2v) is 23.4. The Hall–Kier alpha value is -4.18. The molecule has 2 aliphatic heterocycles. The van der Waals surface area contributed by atoms with E-state index in [0.29, 0.717) is 38.5 Å². The van der Waals surface area contributed by atoms with Gasteiger partial charge in [0.15, 0.2) is 5.79 Å². The molecule has 14 heteroatoms. The van der Waals surface area contributed by atoms with Gasteiger partial charge in [-0.05, 0) is 113 Å². The number of ketones is 2. The molecule has 7 rings (SSSR count). The van der Waals surface area contributed by atoms with Gasteiger partial charge in [0.25, 0.3) is 5.91 Å². The molecule has 2 bridgehead atoms. The number of hydrogen-bond donors (Lipinski definition) is 5. The van der Waals surface area contributed by atoms with Crippen molar-refractivity contribution in [2.45, 2.75) is 181 Å². The normalized spacial score (nSPS) is 40.7. The molecule has 5 aliphatic carbocycles. The molecule has 0 aromatic rings. The molecule has 4 fully saturated rings. The largest absolute Gasteiger partial charge is 0.443 e. The number of carbonyl (C=O) groups is 4. The van der Waals surface area contributed by atoms with Crippen molar-refractivity contribution in [2.24, 2.45) is 45.1 Å². The van der Waals surface area contributed by atoms with Crippen LogP contribution in [0.5, 0.6) is 0 Å². The quantitative estimate of drug-likeness (QED) is 0.0793. The Morgan fingerprint density at radius 3 is 2.36 bits per heavy atom. The van der Waals surface area contributed by atoms with Gasteiger partial charge in [0.05, 0.1) is 42.4 Å². The minimum Gasteiger partial charge on any atom is -0.443 e. The molecule has 3 saturated carbocycles. The lowest BCUT2D eigenvalue weighted by Gasteiger charge is -2.68. The maximum absolute atomic E-state index is 14.3. The number of nitrogens with two attached hydrogens (primary N) is 1. The lowest BCUT2D eigenvalue weighted by Crippen LogP contribution is -2.63. The van der Waals surface area contributed by atoms with E-state index >= 15 is 0 Å². The monoisotopic (exact) mass is 1000 g/mol. The van der Waals surface area contributed by atoms with E-state index in [1.54, 1.807) is 19.1 Å². The van der Waals surface area contributed by atoms with Crippen molar-refractivity contribution in [3.05, 3.63) is 82.3 Å². The van der Waals surface area contributed by atoms with Crippen LogP contribution < -0.4 is 16.4 Å². The van der Waals surface area contributed by atoms with Gasteiger partial charge in [0, 0.05) is 68.6 Å². The molecule has 1 spiro atoms. The highest BCUT2D eigenvalue weighted by atomic mass is 16.7. The number of nitrogens with one attached hydrogen (secondary N) is 2. The Bertz CT molecular complexity index is 2310. The summed E-state index contributed by atoms with van der Waals surface area (Å²) in [5, 5.41) is 30.1. The van der Waals surface area contributed by atoms with Gasteiger partial charge >= 0.3 is 6.09 Å². The molecule has 0 aromatic heterocycles. The summed E-state index contributed by atoms with van der Waals surface area (Å²) in [5.41, 5.74) is 7.34. The number of ether oxygens (including phenoxy) is 5. The van der Waals surface area contributed by atoms with Gasteiger partial charge in [-0.25, -0.2) is 4.79 Å². The van der Waals surface area contributed by atoms with Crippen LogP contribution in [0.2, 0.25) is 0 Å². The molecule has 12 atom stereocenters. The number of aliphatic hydroxyl groups excluding tert-OH is 1. The Morgan fingerprint density at radius 2 is 1.67 bits per heavy atom. The SMILES string of the molecule is CO[C@H]1/C=C\C=C(/C)C(=O)NC2=CC(=O)C(NCCCC/C=C\[C@]3(O)CC[C@@]4(C)C5CC=C6CC7(CC[C@]6(C)[C@@]5(C)CC[C@@]43C)OCCO7)=C(C[C@H](C)C[C@H](OC)[C@@H](O)[C@H](C)/C=C(\C)C[C@@H]1OC(N)=O)C2=O. The number of methoxy groups -OCH3 is 2. The fourth-order valence-corrected chi connectivity index (χ4v) is 14.4. The van der Waals surface area contributed by atoms with Crippen LogP contribution in [0.4, 0.5) is 4.79 Å². The molecular formula is C58H85N3O11. The van der Waals surface area contributed by atoms with Crippen LogP contribution in [-0.4, -0.2) is 104 Å². The smallest absolute Gasteiger partial charge is 0.404 e. The summed E-state index contributed by atoms with van der Waals surface area (Å²) in [7, 11) is 3.00. The summed E-state index contributed by atoms with van der Waals surface area (Å²) in [6.45, 7) is 18.9. The molecule has 72 heavy (non-hydrogen) atoms. The Labute approximate surface area is 428 Å². The molecule has 398 valence electrons. The number of hydrogen-bond acceptors (Lipinski definition) is 12. The van der Waals surface area contributed by atoms with Gasteiger partial charge in [-0.2, -0.15) is 0 Å². The summed E-state index contributed by atoms with van der Waals surface area (Å²) in [6, 6.07) is 0. The number of rotatable bonds is 10. The predicted molar refractivity (Wildman–Crippen MR) is 276 cm³/mol. The molecule has 1 saturated heterocycles. The van der Waals surface area contributed by atoms with Crippen molar-refractivity contribution in [2.75, 3.05) is 34.0 Å². The predicted octanol–water partition coefficient (Wildman–Crippen LogP) is 8.69. The minimum atomic E-state index is -0.968. The van der Waals surface area contributed by atoms with Crippen LogP contribution in [0.1, 0.15) is 145 Å². The highest BCUT2D eigenvalue weighted by Crippen LogP contribution is 2.77. The first-order chi connectivity index (χ1) is 34.0. The average Bonchev–Trinajstić information content (AvgIpc) is 3.87. The van der Waals surface area contributed by atoms with Crippen LogP contribution in [-0.2, 0) is 38.1 Å². The van der Waals surface area contributed by atoms with Gasteiger partial charge in [0.2, 0.25) is 11.6 Å². The second kappa shape index (κ2) is 22.0. The van der Waals surface area contributed by atoms with Gasteiger partial charge < -0.3 is 50.3 Å². The zero-order chi connectivity index (χ0) is 52.4. The highest BCUT2D eigenvalue weighted by Gasteiger charge is 2.72. The van der Waals surface area contributed by atoms with E-state index < -0.39 is 59.4 Å². The highest BCUT2D eigenvalue weighted by molar-refractivity contribution is 6.23. The third kappa shape index (κ3) is 10.6. The third-order valence-corrected chi connectivity index (χ3v) is 19.2. The third-order valence-electron chi connectivity index (χ3n) is 19.2. The summed E-state index contributed by atoms with van der Waals surface area (Å²) in [6.07, 6.45) is 21.3. The Morgan fingerprint density at radius 1 is 0.944 bits per heavy atom. The number of fused-ring (bicyclic) bond motifs is 7. The van der Waals surface area contributed by atoms with Crippen molar-refractivity contribution < 1.29 is 53.1 Å². The zero-order valence-corrected chi connectivity index (χ0v) is 44.8. The first-order valence-corrected chi connectivity index (χ1v) is 26.7. The van der Waals surface area contributed by atoms with E-state index in [0.717, 1.165) is 69.8 Å². The number of allylic oxidation sites excluding steroid dienone is 6. The topological polar surface area (TPSA) is 205 Å². The number of amides is 2. The number of primary amides is 1. The average molecular weight is 1000 g/mol. The van der Waals surface area contributed by atoms with Crippen LogP contribution >= 0.6 is 0 Å². The van der Waals surface area contributed by atoms with E-state index in [-0.39, 0.29) is 68.9 Å². The van der Waals surface area contributed by atoms with Crippen LogP contribution in [0.3, 0.4) is 0 Å². The van der Waals surface area contributed by atoms with Crippen molar-refractivity contribution >= 4 is 23.6 Å². The van der Waals surface area contributed by atoms with Gasteiger partial charge in [-0.3, -0.25) is 14.4 Å². The molecule has 0 radical (unpaired) electrons. The van der Waals surface area contributed by atoms with Crippen LogP contribution in [0.25, 0.3) is 0 Å². The first kappa shape index (κ1) is 55.6. The molecule has 14 nitrogen and oxygen atoms in total. The van der Waals surface area contributed by atoms with Gasteiger partial charge in [-0.15, -0.1) is 0 Å². The molecule has 6 N–H and O–H groups in total. The minimum absolute atomic E-state index is 0.0324. The van der Waals surface area contributed by atoms with Crippen LogP contribution in [0, 0.1) is 39.4 Å². The number of carbonyl (C=O) groups excluding carboxylic acids is 4. The fraction of sp³-hybridized carbons (Fsp3) is 0.690. The van der Waals surface area contributed by atoms with E-state index in [1.165, 1.54) is 31.9 Å². The lowest BCUT2D eigenvalue weighted by molar-refractivity contribution is -0.214. The van der Waals surface area contributed by atoms with Gasteiger partial charge in [-0.1, -0.05) is 95.2 Å². The summed E-state index contributed by atoms with van der Waals surface area (Å²) < 4.78 is 29.3. The van der Waals surface area contributed by atoms with Crippen molar-refractivity contribution in [3.8, 4) is 0 Å². The Balaban J connectivity index is 1.02. The summed E-state index contributed by atoms with van der Waals surface area (Å²) >= 11 is 0. The van der Waals surface area contributed by atoms with Crippen molar-refractivity contribution in [1.29, 1.82) is 0 Å². The molecule has 2 heterocycles. The van der Waals surface area contributed by atoms with Crippen LogP contribution in [0.15, 0.2) is 82.3 Å². The van der Waals surface area contributed by atoms with Crippen molar-refractivity contribution in [1.82, 2.24) is 10.6 Å². The second-order valence-electron chi connectivity index (χ2n) is 23.4. The van der Waals surface area contributed by atoms with E-state index in [4.69, 9.17) is 29.4 Å². The molecule has 7 aliphatic rings. The van der Waals surface area contributed by atoms with Crippen molar-refractivity contribution in [3.63, 3.8) is 0 Å². The van der Waals surface area contributed by atoms with E-state index in [1.807, 2.05) is 26.8 Å². The zero-order valence-electron chi connectivity index (χ0n) is 44.8. The van der Waals surface area contributed by atoms with E-state index in [2.05, 4.69) is 56.6 Å². The molecule has 1 unspecified atom stereocenters. The number of Topliss-reactive ketones (excluding diaryl/α,β-unsaturated/α-hetero) is 1. The first-order valence-electron chi connectivity index (χ1n) is 26.7. The fourth-order valence-electron chi connectivity index (χ4n) is 14.4. The maximum Gasteiger partial charge on any atom is 0.404 e. The lowest BCUT2D eigenvalue weighted by atomic mass is 9.36. The summed E-state index contributed by atoms with van der Waals surface area (Å²) in [4.78, 5) is 53.6. The molecular weight excluding hydrogens is 915 g/mol. The molecule has 0 aromatic carbocycles.